The Morgan fingerprint density at radius 1 is 1.18 bits per heavy atom. The maximum Gasteiger partial charge on any atom is 0.338 e. The van der Waals surface area contributed by atoms with Crippen molar-refractivity contribution in [1.29, 1.82) is 0 Å². The van der Waals surface area contributed by atoms with E-state index in [4.69, 9.17) is 4.74 Å². The van der Waals surface area contributed by atoms with Gasteiger partial charge in [-0.25, -0.2) is 4.79 Å². The summed E-state index contributed by atoms with van der Waals surface area (Å²) in [4.78, 5) is 35.0. The molecule has 0 fully saturated rings. The van der Waals surface area contributed by atoms with E-state index in [2.05, 4.69) is 10.6 Å². The molecule has 0 saturated heterocycles. The highest BCUT2D eigenvalue weighted by molar-refractivity contribution is 5.95. The number of rotatable bonds is 4. The number of carbonyl (C=O) groups is 3. The molecular weight excluding hydrogens is 284 g/mol. The van der Waals surface area contributed by atoms with Crippen molar-refractivity contribution >= 4 is 23.5 Å². The smallest absolute Gasteiger partial charge is 0.338 e. The Morgan fingerprint density at radius 2 is 1.82 bits per heavy atom. The number of hydrogen-bond acceptors (Lipinski definition) is 4. The van der Waals surface area contributed by atoms with Gasteiger partial charge in [0.1, 0.15) is 0 Å². The lowest BCUT2D eigenvalue weighted by Gasteiger charge is -2.23. The molecule has 120 valence electrons. The van der Waals surface area contributed by atoms with Crippen molar-refractivity contribution in [2.24, 2.45) is 0 Å². The molecule has 6 nitrogen and oxygen atoms in total. The first-order valence-electron chi connectivity index (χ1n) is 6.99. The molecule has 1 atom stereocenters. The van der Waals surface area contributed by atoms with Gasteiger partial charge in [0.2, 0.25) is 5.91 Å². The quantitative estimate of drug-likeness (QED) is 0.834. The Kier molecular flexibility index (Phi) is 5.68. The third-order valence-corrected chi connectivity index (χ3v) is 2.57. The van der Waals surface area contributed by atoms with E-state index in [0.29, 0.717) is 5.69 Å². The van der Waals surface area contributed by atoms with Crippen molar-refractivity contribution in [3.8, 4) is 0 Å². The van der Waals surface area contributed by atoms with Crippen LogP contribution in [0.2, 0.25) is 0 Å². The molecule has 6 heteroatoms. The van der Waals surface area contributed by atoms with Crippen LogP contribution in [0, 0.1) is 0 Å². The minimum Gasteiger partial charge on any atom is -0.449 e. The van der Waals surface area contributed by atoms with Crippen LogP contribution >= 0.6 is 0 Å². The molecule has 0 bridgehead atoms. The molecule has 0 aromatic heterocycles. The highest BCUT2D eigenvalue weighted by Crippen LogP contribution is 2.13. The summed E-state index contributed by atoms with van der Waals surface area (Å²) < 4.78 is 5.14. The van der Waals surface area contributed by atoms with Gasteiger partial charge < -0.3 is 15.4 Å². The summed E-state index contributed by atoms with van der Waals surface area (Å²) in [6.07, 6.45) is -0.906. The van der Waals surface area contributed by atoms with E-state index in [1.807, 2.05) is 20.8 Å². The number of hydrogen-bond donors (Lipinski definition) is 2. The van der Waals surface area contributed by atoms with Crippen molar-refractivity contribution in [2.45, 2.75) is 46.3 Å². The molecule has 1 rings (SSSR count). The lowest BCUT2D eigenvalue weighted by atomic mass is 10.1. The molecule has 1 aromatic rings. The second kappa shape index (κ2) is 7.06. The number of nitrogens with one attached hydrogen (secondary N) is 2. The molecule has 1 aromatic carbocycles. The van der Waals surface area contributed by atoms with Crippen LogP contribution in [0.15, 0.2) is 24.3 Å². The van der Waals surface area contributed by atoms with E-state index in [1.54, 1.807) is 18.2 Å². The van der Waals surface area contributed by atoms with Gasteiger partial charge in [-0.15, -0.1) is 0 Å². The van der Waals surface area contributed by atoms with Gasteiger partial charge >= 0.3 is 5.97 Å². The zero-order valence-corrected chi connectivity index (χ0v) is 13.5. The van der Waals surface area contributed by atoms with E-state index in [9.17, 15) is 14.4 Å². The summed E-state index contributed by atoms with van der Waals surface area (Å²) >= 11 is 0. The molecule has 0 aliphatic carbocycles. The fraction of sp³-hybridized carbons (Fsp3) is 0.438. The van der Waals surface area contributed by atoms with E-state index in [1.165, 1.54) is 19.9 Å². The molecule has 0 aliphatic heterocycles. The Balaban J connectivity index is 2.72. The molecule has 2 N–H and O–H groups in total. The van der Waals surface area contributed by atoms with Gasteiger partial charge in [0.05, 0.1) is 5.56 Å². The van der Waals surface area contributed by atoms with Gasteiger partial charge in [-0.3, -0.25) is 9.59 Å². The lowest BCUT2D eigenvalue weighted by molar-refractivity contribution is -0.130. The number of ether oxygens (including phenoxy) is 1. The van der Waals surface area contributed by atoms with E-state index >= 15 is 0 Å². The second-order valence-corrected chi connectivity index (χ2v) is 6.05. The largest absolute Gasteiger partial charge is 0.449 e. The molecule has 2 amide bonds. The molecular formula is C16H22N2O4. The first-order valence-corrected chi connectivity index (χ1v) is 6.99. The Morgan fingerprint density at radius 3 is 2.36 bits per heavy atom. The molecule has 0 spiro atoms. The molecule has 0 saturated carbocycles. The predicted molar refractivity (Wildman–Crippen MR) is 83.5 cm³/mol. The van der Waals surface area contributed by atoms with Crippen LogP contribution in [-0.2, 0) is 14.3 Å². The number of amides is 2. The molecule has 0 aliphatic rings. The highest BCUT2D eigenvalue weighted by atomic mass is 16.5. The number of carbonyl (C=O) groups excluding carboxylic acids is 3. The maximum atomic E-state index is 12.0. The van der Waals surface area contributed by atoms with Crippen molar-refractivity contribution < 1.29 is 19.1 Å². The lowest BCUT2D eigenvalue weighted by Crippen LogP contribution is -2.46. The van der Waals surface area contributed by atoms with Crippen LogP contribution in [-0.4, -0.2) is 29.4 Å². The summed E-state index contributed by atoms with van der Waals surface area (Å²) in [7, 11) is 0. The van der Waals surface area contributed by atoms with Gasteiger partial charge in [-0.05, 0) is 45.9 Å². The second-order valence-electron chi connectivity index (χ2n) is 6.05. The SMILES string of the molecule is CC(=O)Nc1cccc(C(=O)OC(C)C(=O)NC(C)(C)C)c1. The van der Waals surface area contributed by atoms with Crippen LogP contribution in [0.1, 0.15) is 45.0 Å². The number of anilines is 1. The first kappa shape index (κ1) is 17.7. The van der Waals surface area contributed by atoms with Crippen LogP contribution in [0.4, 0.5) is 5.69 Å². The van der Waals surface area contributed by atoms with Crippen molar-refractivity contribution in [2.75, 3.05) is 5.32 Å². The summed E-state index contributed by atoms with van der Waals surface area (Å²) in [5, 5.41) is 5.32. The third kappa shape index (κ3) is 5.95. The summed E-state index contributed by atoms with van der Waals surface area (Å²) in [5.41, 5.74) is 0.360. The number of esters is 1. The zero-order valence-electron chi connectivity index (χ0n) is 13.5. The van der Waals surface area contributed by atoms with Crippen molar-refractivity contribution in [3.63, 3.8) is 0 Å². The standard InChI is InChI=1S/C16H22N2O4/c1-10(14(20)18-16(3,4)5)22-15(21)12-7-6-8-13(9-12)17-11(2)19/h6-10H,1-5H3,(H,17,19)(H,18,20). The highest BCUT2D eigenvalue weighted by Gasteiger charge is 2.23. The summed E-state index contributed by atoms with van der Waals surface area (Å²) in [6.45, 7) is 8.42. The average Bonchev–Trinajstić information content (AvgIpc) is 2.36. The van der Waals surface area contributed by atoms with Gasteiger partial charge in [-0.2, -0.15) is 0 Å². The zero-order chi connectivity index (χ0) is 16.9. The molecule has 22 heavy (non-hydrogen) atoms. The molecule has 0 heterocycles. The van der Waals surface area contributed by atoms with Crippen molar-refractivity contribution in [3.05, 3.63) is 29.8 Å². The van der Waals surface area contributed by atoms with Gasteiger partial charge in [0.25, 0.3) is 5.91 Å². The predicted octanol–water partition coefficient (Wildman–Crippen LogP) is 2.10. The van der Waals surface area contributed by atoms with Crippen LogP contribution < -0.4 is 10.6 Å². The van der Waals surface area contributed by atoms with Gasteiger partial charge in [0, 0.05) is 18.2 Å². The first-order chi connectivity index (χ1) is 10.1. The van der Waals surface area contributed by atoms with Crippen LogP contribution in [0.3, 0.4) is 0 Å². The van der Waals surface area contributed by atoms with Crippen LogP contribution in [0.25, 0.3) is 0 Å². The minimum absolute atomic E-state index is 0.233. The summed E-state index contributed by atoms with van der Waals surface area (Å²) in [6, 6.07) is 6.34. The van der Waals surface area contributed by atoms with Crippen molar-refractivity contribution in [1.82, 2.24) is 5.32 Å². The average molecular weight is 306 g/mol. The monoisotopic (exact) mass is 306 g/mol. The normalized spacial score (nSPS) is 12.2. The van der Waals surface area contributed by atoms with Crippen LogP contribution in [0.5, 0.6) is 0 Å². The third-order valence-electron chi connectivity index (χ3n) is 2.57. The summed E-state index contributed by atoms with van der Waals surface area (Å²) in [5.74, 6) is -1.22. The Labute approximate surface area is 130 Å². The topological polar surface area (TPSA) is 84.5 Å². The Bertz CT molecular complexity index is 576. The van der Waals surface area contributed by atoms with Gasteiger partial charge in [0.15, 0.2) is 6.10 Å². The fourth-order valence-electron chi connectivity index (χ4n) is 1.68. The van der Waals surface area contributed by atoms with Gasteiger partial charge in [-0.1, -0.05) is 6.07 Å². The van der Waals surface area contributed by atoms with E-state index in [0.717, 1.165) is 0 Å². The Hall–Kier alpha value is -2.37. The maximum absolute atomic E-state index is 12.0. The fourth-order valence-corrected chi connectivity index (χ4v) is 1.68. The number of benzene rings is 1. The van der Waals surface area contributed by atoms with E-state index in [-0.39, 0.29) is 17.4 Å². The molecule has 0 radical (unpaired) electrons. The minimum atomic E-state index is -0.906. The van der Waals surface area contributed by atoms with E-state index < -0.39 is 17.6 Å². The molecule has 1 unspecified atom stereocenters.